The predicted molar refractivity (Wildman–Crippen MR) is 141 cm³/mol. The average Bonchev–Trinajstić information content (AvgIpc) is 2.94. The van der Waals surface area contributed by atoms with E-state index >= 15 is 0 Å². The first-order chi connectivity index (χ1) is 14.9. The number of pyridine rings is 1. The molecule has 0 spiro atoms. The average molecular weight is 556 g/mol. The van der Waals surface area contributed by atoms with Crippen LogP contribution in [0.15, 0.2) is 33.8 Å². The van der Waals surface area contributed by atoms with Crippen LogP contribution in [0.25, 0.3) is 0 Å². The maximum atomic E-state index is 11.0. The van der Waals surface area contributed by atoms with E-state index in [1.807, 2.05) is 39.1 Å². The molecule has 7 nitrogen and oxygen atoms in total. The van der Waals surface area contributed by atoms with Gasteiger partial charge in [0.1, 0.15) is 22.9 Å². The van der Waals surface area contributed by atoms with E-state index in [2.05, 4.69) is 26.6 Å². The summed E-state index contributed by atoms with van der Waals surface area (Å²) in [7, 11) is 0. The molecule has 1 fully saturated rings. The van der Waals surface area contributed by atoms with Crippen molar-refractivity contribution in [2.45, 2.75) is 65.5 Å². The van der Waals surface area contributed by atoms with Crippen LogP contribution in [-0.2, 0) is 12.1 Å². The molecular formula is C24H38IN5O2. The molecule has 0 amide bonds. The van der Waals surface area contributed by atoms with Crippen molar-refractivity contribution in [1.29, 1.82) is 0 Å². The lowest BCUT2D eigenvalue weighted by atomic mass is 9.96. The van der Waals surface area contributed by atoms with E-state index in [4.69, 9.17) is 9.41 Å². The second-order valence-electron chi connectivity index (χ2n) is 8.57. The lowest BCUT2D eigenvalue weighted by molar-refractivity contribution is 0.0601. The van der Waals surface area contributed by atoms with Crippen LogP contribution in [0, 0.1) is 13.8 Å². The number of aryl methyl sites for hydroxylation is 2. The maximum Gasteiger partial charge on any atom is 0.191 e. The molecule has 1 aliphatic heterocycles. The number of aliphatic imine (C=N–C) groups is 1. The number of aliphatic hydroxyl groups is 1. The smallest absolute Gasteiger partial charge is 0.191 e. The molecule has 2 aromatic rings. The Hall–Kier alpha value is -1.81. The first-order valence-corrected chi connectivity index (χ1v) is 11.4. The lowest BCUT2D eigenvalue weighted by Gasteiger charge is -2.24. The van der Waals surface area contributed by atoms with Gasteiger partial charge in [-0.3, -0.25) is 0 Å². The fourth-order valence-corrected chi connectivity index (χ4v) is 4.06. The molecule has 1 saturated heterocycles. The van der Waals surface area contributed by atoms with Crippen molar-refractivity contribution < 1.29 is 9.52 Å². The molecule has 1 aliphatic rings. The number of hydrogen-bond acceptors (Lipinski definition) is 5. The van der Waals surface area contributed by atoms with Crippen LogP contribution in [0.5, 0.6) is 0 Å². The minimum Gasteiger partial charge on any atom is -0.466 e. The fourth-order valence-electron chi connectivity index (χ4n) is 4.06. The summed E-state index contributed by atoms with van der Waals surface area (Å²) in [6.45, 7) is 11.4. The van der Waals surface area contributed by atoms with E-state index in [-0.39, 0.29) is 24.0 Å². The standard InChI is InChI=1S/C24H37N5O2.HI/c1-5-25-23(28-17-24(4,30)21-14-18(2)31-19(21)3)27-16-20-10-11-26-22(15-20)29-12-8-6-7-9-13-29;/h10-11,14-15,30H,5-9,12-13,16-17H2,1-4H3,(H2,25,27,28);1H. The van der Waals surface area contributed by atoms with Gasteiger partial charge >= 0.3 is 0 Å². The van der Waals surface area contributed by atoms with Crippen molar-refractivity contribution in [1.82, 2.24) is 15.6 Å². The molecule has 1 atom stereocenters. The molecule has 1 unspecified atom stereocenters. The summed E-state index contributed by atoms with van der Waals surface area (Å²) in [5.41, 5.74) is 0.860. The van der Waals surface area contributed by atoms with Gasteiger partial charge in [0.05, 0.1) is 13.1 Å². The molecule has 2 aromatic heterocycles. The van der Waals surface area contributed by atoms with E-state index in [9.17, 15) is 5.11 Å². The molecular weight excluding hydrogens is 517 g/mol. The third-order valence-corrected chi connectivity index (χ3v) is 5.73. The van der Waals surface area contributed by atoms with Gasteiger partial charge < -0.3 is 25.1 Å². The van der Waals surface area contributed by atoms with Gasteiger partial charge in [-0.25, -0.2) is 9.98 Å². The molecule has 0 aliphatic carbocycles. The van der Waals surface area contributed by atoms with Crippen molar-refractivity contribution in [3.05, 3.63) is 47.0 Å². The van der Waals surface area contributed by atoms with E-state index in [1.54, 1.807) is 6.92 Å². The Morgan fingerprint density at radius 3 is 2.53 bits per heavy atom. The van der Waals surface area contributed by atoms with Crippen LogP contribution in [0.1, 0.15) is 62.2 Å². The number of nitrogens with one attached hydrogen (secondary N) is 2. The molecule has 0 aromatic carbocycles. The zero-order valence-corrected chi connectivity index (χ0v) is 22.1. The topological polar surface area (TPSA) is 85.9 Å². The first kappa shape index (κ1) is 26.4. The van der Waals surface area contributed by atoms with Gasteiger partial charge in [0.15, 0.2) is 5.96 Å². The van der Waals surface area contributed by atoms with Crippen molar-refractivity contribution in [2.75, 3.05) is 31.1 Å². The molecule has 0 radical (unpaired) electrons. The zero-order valence-electron chi connectivity index (χ0n) is 19.8. The van der Waals surface area contributed by atoms with Crippen molar-refractivity contribution >= 4 is 35.8 Å². The molecule has 32 heavy (non-hydrogen) atoms. The summed E-state index contributed by atoms with van der Waals surface area (Å²) < 4.78 is 5.59. The van der Waals surface area contributed by atoms with Gasteiger partial charge in [0, 0.05) is 31.4 Å². The molecule has 178 valence electrons. The van der Waals surface area contributed by atoms with E-state index in [1.165, 1.54) is 25.7 Å². The number of anilines is 1. The highest BCUT2D eigenvalue weighted by Gasteiger charge is 2.27. The number of hydrogen-bond donors (Lipinski definition) is 3. The van der Waals surface area contributed by atoms with Crippen LogP contribution in [0.2, 0.25) is 0 Å². The van der Waals surface area contributed by atoms with Crippen molar-refractivity contribution in [3.63, 3.8) is 0 Å². The Labute approximate surface area is 209 Å². The first-order valence-electron chi connectivity index (χ1n) is 11.4. The van der Waals surface area contributed by atoms with Crippen LogP contribution in [-0.4, -0.2) is 42.2 Å². The number of guanidine groups is 1. The fraction of sp³-hybridized carbons (Fsp3) is 0.583. The van der Waals surface area contributed by atoms with E-state index in [0.717, 1.165) is 48.1 Å². The monoisotopic (exact) mass is 555 g/mol. The number of nitrogens with zero attached hydrogens (tertiary/aromatic N) is 3. The van der Waals surface area contributed by atoms with Gasteiger partial charge in [-0.15, -0.1) is 24.0 Å². The zero-order chi connectivity index (χ0) is 22.3. The molecule has 3 rings (SSSR count). The Morgan fingerprint density at radius 1 is 1.19 bits per heavy atom. The van der Waals surface area contributed by atoms with Gasteiger partial charge in [-0.1, -0.05) is 12.8 Å². The second kappa shape index (κ2) is 12.4. The molecule has 0 saturated carbocycles. The highest BCUT2D eigenvalue weighted by atomic mass is 127. The third-order valence-electron chi connectivity index (χ3n) is 5.73. The molecule has 8 heteroatoms. The van der Waals surface area contributed by atoms with E-state index in [0.29, 0.717) is 19.0 Å². The van der Waals surface area contributed by atoms with Crippen molar-refractivity contribution in [2.24, 2.45) is 4.99 Å². The SMILES string of the molecule is CCNC(=NCc1ccnc(N2CCCCCC2)c1)NCC(C)(O)c1cc(C)oc1C.I. The Bertz CT molecular complexity index is 873. The van der Waals surface area contributed by atoms with E-state index < -0.39 is 5.60 Å². The van der Waals surface area contributed by atoms with Crippen LogP contribution in [0.3, 0.4) is 0 Å². The van der Waals surface area contributed by atoms with Crippen molar-refractivity contribution in [3.8, 4) is 0 Å². The summed E-state index contributed by atoms with van der Waals surface area (Å²) in [6.07, 6.45) is 6.95. The summed E-state index contributed by atoms with van der Waals surface area (Å²) in [5.74, 6) is 3.25. The largest absolute Gasteiger partial charge is 0.466 e. The minimum atomic E-state index is -1.06. The molecule has 0 bridgehead atoms. The summed E-state index contributed by atoms with van der Waals surface area (Å²) in [5, 5.41) is 17.5. The van der Waals surface area contributed by atoms with Gasteiger partial charge in [-0.2, -0.15) is 0 Å². The molecule has 3 heterocycles. The molecule has 3 N–H and O–H groups in total. The second-order valence-corrected chi connectivity index (χ2v) is 8.57. The Balaban J connectivity index is 0.00000363. The lowest BCUT2D eigenvalue weighted by Crippen LogP contribution is -2.44. The number of halogens is 1. The maximum absolute atomic E-state index is 11.0. The predicted octanol–water partition coefficient (Wildman–Crippen LogP) is 4.25. The number of rotatable bonds is 7. The quantitative estimate of drug-likeness (QED) is 0.269. The van der Waals surface area contributed by atoms with Gasteiger partial charge in [0.25, 0.3) is 0 Å². The Kier molecular flexibility index (Phi) is 10.3. The van der Waals surface area contributed by atoms with Gasteiger partial charge in [0.2, 0.25) is 0 Å². The summed E-state index contributed by atoms with van der Waals surface area (Å²) in [6, 6.07) is 6.05. The number of aromatic nitrogens is 1. The van der Waals surface area contributed by atoms with Crippen LogP contribution in [0.4, 0.5) is 5.82 Å². The van der Waals surface area contributed by atoms with Gasteiger partial charge in [-0.05, 0) is 64.3 Å². The van der Waals surface area contributed by atoms with Crippen LogP contribution < -0.4 is 15.5 Å². The third kappa shape index (κ3) is 7.37. The Morgan fingerprint density at radius 2 is 1.91 bits per heavy atom. The minimum absolute atomic E-state index is 0. The normalized spacial score (nSPS) is 16.7. The highest BCUT2D eigenvalue weighted by molar-refractivity contribution is 14.0. The summed E-state index contributed by atoms with van der Waals surface area (Å²) in [4.78, 5) is 11.7. The van der Waals surface area contributed by atoms with Crippen LogP contribution >= 0.6 is 24.0 Å². The highest BCUT2D eigenvalue weighted by Crippen LogP contribution is 2.26. The number of furan rings is 1. The summed E-state index contributed by atoms with van der Waals surface area (Å²) >= 11 is 0.